The largest absolute Gasteiger partial charge is 0.387 e. The van der Waals surface area contributed by atoms with Crippen LogP contribution < -0.4 is 5.32 Å². The van der Waals surface area contributed by atoms with Crippen LogP contribution in [0.1, 0.15) is 30.9 Å². The fourth-order valence-corrected chi connectivity index (χ4v) is 4.31. The van der Waals surface area contributed by atoms with Crippen molar-refractivity contribution in [2.75, 3.05) is 12.8 Å². The molecule has 0 spiro atoms. The number of aliphatic hydroxyl groups is 1. The Morgan fingerprint density at radius 2 is 2.19 bits per heavy atom. The summed E-state index contributed by atoms with van der Waals surface area (Å²) >= 11 is 5.60. The molecule has 0 aliphatic heterocycles. The molecular formula is C14H19ClFNO3S. The van der Waals surface area contributed by atoms with Crippen LogP contribution in [0.4, 0.5) is 4.39 Å². The molecule has 1 aliphatic carbocycles. The Kier molecular flexibility index (Phi) is 5.24. The number of benzene rings is 1. The van der Waals surface area contributed by atoms with Crippen molar-refractivity contribution in [3.8, 4) is 0 Å². The molecule has 2 rings (SSSR count). The molecule has 7 heteroatoms. The molecule has 0 aromatic heterocycles. The maximum Gasteiger partial charge on any atom is 0.151 e. The molecule has 1 aromatic rings. The van der Waals surface area contributed by atoms with Crippen molar-refractivity contribution in [1.82, 2.24) is 5.32 Å². The molecule has 1 aromatic carbocycles. The summed E-state index contributed by atoms with van der Waals surface area (Å²) in [6, 6.07) is 3.98. The summed E-state index contributed by atoms with van der Waals surface area (Å²) in [6.45, 7) is 0.178. The molecule has 1 saturated carbocycles. The lowest BCUT2D eigenvalue weighted by Crippen LogP contribution is -2.41. The van der Waals surface area contributed by atoms with Crippen LogP contribution in [0.5, 0.6) is 0 Å². The van der Waals surface area contributed by atoms with Crippen LogP contribution in [-0.4, -0.2) is 37.6 Å². The standard InChI is InChI=1S/C14H19ClFNO3S/c1-21(19,20)14-4-2-3-12(14)17-8-13(18)9-5-6-10(15)11(16)7-9/h5-7,12-14,17-18H,2-4,8H2,1H3. The van der Waals surface area contributed by atoms with Gasteiger partial charge in [-0.1, -0.05) is 24.1 Å². The highest BCUT2D eigenvalue weighted by atomic mass is 35.5. The SMILES string of the molecule is CS(=O)(=O)C1CCCC1NCC(O)c1ccc(Cl)c(F)c1. The number of hydrogen-bond acceptors (Lipinski definition) is 4. The average molecular weight is 336 g/mol. The summed E-state index contributed by atoms with van der Waals surface area (Å²) in [5.74, 6) is -0.580. The van der Waals surface area contributed by atoms with Crippen molar-refractivity contribution in [3.05, 3.63) is 34.6 Å². The van der Waals surface area contributed by atoms with E-state index in [1.165, 1.54) is 18.4 Å². The molecule has 0 radical (unpaired) electrons. The maximum absolute atomic E-state index is 13.4. The van der Waals surface area contributed by atoms with Crippen molar-refractivity contribution in [2.24, 2.45) is 0 Å². The molecule has 1 fully saturated rings. The molecule has 2 N–H and O–H groups in total. The van der Waals surface area contributed by atoms with E-state index in [-0.39, 0.29) is 17.6 Å². The van der Waals surface area contributed by atoms with Gasteiger partial charge in [0, 0.05) is 18.8 Å². The van der Waals surface area contributed by atoms with E-state index in [2.05, 4.69) is 5.32 Å². The highest BCUT2D eigenvalue weighted by Crippen LogP contribution is 2.26. The second-order valence-corrected chi connectivity index (χ2v) is 8.17. The van der Waals surface area contributed by atoms with Gasteiger partial charge in [-0.05, 0) is 30.5 Å². The van der Waals surface area contributed by atoms with E-state index in [0.717, 1.165) is 12.8 Å². The molecule has 0 saturated heterocycles. The average Bonchev–Trinajstić information content (AvgIpc) is 2.87. The molecular weight excluding hydrogens is 317 g/mol. The number of hydrogen-bond donors (Lipinski definition) is 2. The van der Waals surface area contributed by atoms with Gasteiger partial charge >= 0.3 is 0 Å². The fraction of sp³-hybridized carbons (Fsp3) is 0.571. The lowest BCUT2D eigenvalue weighted by Gasteiger charge is -2.21. The summed E-state index contributed by atoms with van der Waals surface area (Å²) in [4.78, 5) is 0. The first-order valence-corrected chi connectivity index (χ1v) is 9.17. The van der Waals surface area contributed by atoms with Crippen molar-refractivity contribution in [1.29, 1.82) is 0 Å². The number of halogens is 2. The van der Waals surface area contributed by atoms with Gasteiger partial charge in [0.25, 0.3) is 0 Å². The zero-order valence-electron chi connectivity index (χ0n) is 11.7. The fourth-order valence-electron chi connectivity index (χ4n) is 2.77. The smallest absolute Gasteiger partial charge is 0.151 e. The molecule has 4 nitrogen and oxygen atoms in total. The van der Waals surface area contributed by atoms with Crippen molar-refractivity contribution in [2.45, 2.75) is 36.7 Å². The maximum atomic E-state index is 13.4. The minimum absolute atomic E-state index is 0.00634. The summed E-state index contributed by atoms with van der Waals surface area (Å²) in [7, 11) is -3.10. The Morgan fingerprint density at radius 3 is 2.81 bits per heavy atom. The molecule has 0 amide bonds. The topological polar surface area (TPSA) is 66.4 Å². The molecule has 0 bridgehead atoms. The highest BCUT2D eigenvalue weighted by Gasteiger charge is 2.34. The van der Waals surface area contributed by atoms with Crippen LogP contribution >= 0.6 is 11.6 Å². The van der Waals surface area contributed by atoms with Gasteiger partial charge in [0.15, 0.2) is 9.84 Å². The zero-order valence-corrected chi connectivity index (χ0v) is 13.3. The summed E-state index contributed by atoms with van der Waals surface area (Å²) < 4.78 is 36.7. The molecule has 3 unspecified atom stereocenters. The third kappa shape index (κ3) is 4.16. The molecule has 1 aliphatic rings. The predicted octanol–water partition coefficient (Wildman–Crippen LogP) is 2.07. The van der Waals surface area contributed by atoms with Crippen LogP contribution in [-0.2, 0) is 9.84 Å². The van der Waals surface area contributed by atoms with Crippen molar-refractivity contribution in [3.63, 3.8) is 0 Å². The monoisotopic (exact) mass is 335 g/mol. The quantitative estimate of drug-likeness (QED) is 0.864. The second-order valence-electron chi connectivity index (χ2n) is 5.50. The molecule has 21 heavy (non-hydrogen) atoms. The first-order chi connectivity index (χ1) is 9.79. The van der Waals surface area contributed by atoms with E-state index in [0.29, 0.717) is 12.0 Å². The second kappa shape index (κ2) is 6.60. The van der Waals surface area contributed by atoms with E-state index in [1.54, 1.807) is 6.07 Å². The Balaban J connectivity index is 1.97. The van der Waals surface area contributed by atoms with Crippen molar-refractivity contribution >= 4 is 21.4 Å². The first kappa shape index (κ1) is 16.7. The summed E-state index contributed by atoms with van der Waals surface area (Å²) in [5.41, 5.74) is 0.415. The predicted molar refractivity (Wildman–Crippen MR) is 80.6 cm³/mol. The van der Waals surface area contributed by atoms with Crippen LogP contribution in [0.2, 0.25) is 5.02 Å². The Labute approximate surface area is 129 Å². The van der Waals surface area contributed by atoms with Gasteiger partial charge in [0.2, 0.25) is 0 Å². The van der Waals surface area contributed by atoms with E-state index in [9.17, 15) is 17.9 Å². The number of sulfone groups is 1. The lowest BCUT2D eigenvalue weighted by molar-refractivity contribution is 0.169. The highest BCUT2D eigenvalue weighted by molar-refractivity contribution is 7.91. The number of aliphatic hydroxyl groups excluding tert-OH is 1. The third-order valence-electron chi connectivity index (χ3n) is 3.90. The molecule has 3 atom stereocenters. The van der Waals surface area contributed by atoms with Gasteiger partial charge in [-0.2, -0.15) is 0 Å². The van der Waals surface area contributed by atoms with Gasteiger partial charge in [-0.15, -0.1) is 0 Å². The number of rotatable bonds is 5. The summed E-state index contributed by atoms with van der Waals surface area (Å²) in [6.07, 6.45) is 2.59. The van der Waals surface area contributed by atoms with E-state index in [1.807, 2.05) is 0 Å². The first-order valence-electron chi connectivity index (χ1n) is 6.84. The van der Waals surface area contributed by atoms with E-state index < -0.39 is 27.0 Å². The van der Waals surface area contributed by atoms with Crippen LogP contribution in [0.3, 0.4) is 0 Å². The van der Waals surface area contributed by atoms with Crippen LogP contribution in [0.15, 0.2) is 18.2 Å². The Morgan fingerprint density at radius 1 is 1.48 bits per heavy atom. The molecule has 118 valence electrons. The Bertz CT molecular complexity index is 608. The van der Waals surface area contributed by atoms with Gasteiger partial charge in [0.05, 0.1) is 16.4 Å². The zero-order chi connectivity index (χ0) is 15.6. The van der Waals surface area contributed by atoms with Gasteiger partial charge in [-0.25, -0.2) is 12.8 Å². The van der Waals surface area contributed by atoms with Gasteiger partial charge in [0.1, 0.15) is 5.82 Å². The lowest BCUT2D eigenvalue weighted by atomic mass is 10.1. The molecule has 0 heterocycles. The number of nitrogens with one attached hydrogen (secondary N) is 1. The van der Waals surface area contributed by atoms with Gasteiger partial charge < -0.3 is 10.4 Å². The normalized spacial score (nSPS) is 24.2. The summed E-state index contributed by atoms with van der Waals surface area (Å²) in [5, 5.41) is 12.7. The third-order valence-corrected chi connectivity index (χ3v) is 5.87. The minimum atomic E-state index is -3.10. The van der Waals surface area contributed by atoms with Crippen molar-refractivity contribution < 1.29 is 17.9 Å². The minimum Gasteiger partial charge on any atom is -0.387 e. The Hall–Kier alpha value is -0.690. The van der Waals surface area contributed by atoms with Crippen LogP contribution in [0.25, 0.3) is 0 Å². The van der Waals surface area contributed by atoms with Gasteiger partial charge in [-0.3, -0.25) is 0 Å². The van der Waals surface area contributed by atoms with Crippen LogP contribution in [0, 0.1) is 5.82 Å². The van der Waals surface area contributed by atoms with E-state index in [4.69, 9.17) is 11.6 Å². The van der Waals surface area contributed by atoms with E-state index >= 15 is 0 Å².